The summed E-state index contributed by atoms with van der Waals surface area (Å²) in [5.41, 5.74) is 3.58. The maximum absolute atomic E-state index is 6.20. The van der Waals surface area contributed by atoms with E-state index < -0.39 is 0 Å². The summed E-state index contributed by atoms with van der Waals surface area (Å²) in [5.74, 6) is 1.66. The smallest absolute Gasteiger partial charge is 0.191 e. The zero-order valence-corrected chi connectivity index (χ0v) is 21.8. The van der Waals surface area contributed by atoms with Crippen molar-refractivity contribution in [3.05, 3.63) is 58.6 Å². The van der Waals surface area contributed by atoms with Crippen molar-refractivity contribution in [1.82, 2.24) is 15.5 Å². The van der Waals surface area contributed by atoms with Gasteiger partial charge in [-0.2, -0.15) is 0 Å². The summed E-state index contributed by atoms with van der Waals surface area (Å²) >= 11 is 6.20. The fourth-order valence-electron chi connectivity index (χ4n) is 3.71. The van der Waals surface area contributed by atoms with E-state index in [4.69, 9.17) is 16.3 Å². The lowest BCUT2D eigenvalue weighted by atomic mass is 10.1. The minimum Gasteiger partial charge on any atom is -0.495 e. The number of ether oxygens (including phenoxy) is 1. The highest BCUT2D eigenvalue weighted by atomic mass is 127. The molecule has 2 aromatic carbocycles. The molecule has 0 radical (unpaired) electrons. The third kappa shape index (κ3) is 7.43. The maximum Gasteiger partial charge on any atom is 0.191 e. The summed E-state index contributed by atoms with van der Waals surface area (Å²) in [6, 6.07) is 14.7. The molecule has 31 heavy (non-hydrogen) atoms. The van der Waals surface area contributed by atoms with Gasteiger partial charge in [-0.05, 0) is 49.8 Å². The van der Waals surface area contributed by atoms with E-state index in [0.29, 0.717) is 6.04 Å². The standard InChI is InChI=1S/C23H32ClN5O.HI/c1-25-23(26-14-17-5-7-18(8-6-17)15-28(2)3)27-20-11-12-29(16-20)21-13-19(24)9-10-22(21)30-4;/h5-10,13,20H,11-12,14-16H2,1-4H3,(H2,25,26,27);1H. The Morgan fingerprint density at radius 2 is 1.90 bits per heavy atom. The van der Waals surface area contributed by atoms with Crippen LogP contribution in [-0.4, -0.2) is 58.2 Å². The largest absolute Gasteiger partial charge is 0.495 e. The average molecular weight is 558 g/mol. The topological polar surface area (TPSA) is 52.1 Å². The fraction of sp³-hybridized carbons (Fsp3) is 0.435. The van der Waals surface area contributed by atoms with E-state index in [2.05, 4.69) is 63.8 Å². The summed E-state index contributed by atoms with van der Waals surface area (Å²) in [4.78, 5) is 8.87. The summed E-state index contributed by atoms with van der Waals surface area (Å²) in [5, 5.41) is 7.68. The lowest BCUT2D eigenvalue weighted by Gasteiger charge is -2.22. The van der Waals surface area contributed by atoms with Gasteiger partial charge in [-0.3, -0.25) is 4.99 Å². The number of nitrogens with one attached hydrogen (secondary N) is 2. The highest BCUT2D eigenvalue weighted by Crippen LogP contribution is 2.33. The van der Waals surface area contributed by atoms with Gasteiger partial charge in [-0.1, -0.05) is 35.9 Å². The predicted octanol–water partition coefficient (Wildman–Crippen LogP) is 3.97. The van der Waals surface area contributed by atoms with Gasteiger partial charge in [0.15, 0.2) is 5.96 Å². The quantitative estimate of drug-likeness (QED) is 0.307. The Morgan fingerprint density at radius 3 is 2.55 bits per heavy atom. The number of nitrogens with zero attached hydrogens (tertiary/aromatic N) is 3. The monoisotopic (exact) mass is 557 g/mol. The van der Waals surface area contributed by atoms with E-state index in [0.717, 1.165) is 55.0 Å². The second-order valence-electron chi connectivity index (χ2n) is 7.87. The first-order valence-electron chi connectivity index (χ1n) is 10.3. The lowest BCUT2D eigenvalue weighted by molar-refractivity contribution is 0.402. The summed E-state index contributed by atoms with van der Waals surface area (Å²) < 4.78 is 5.51. The van der Waals surface area contributed by atoms with Gasteiger partial charge in [0.1, 0.15) is 5.75 Å². The SMILES string of the molecule is CN=C(NCc1ccc(CN(C)C)cc1)NC1CCN(c2cc(Cl)ccc2OC)C1.I. The van der Waals surface area contributed by atoms with Crippen molar-refractivity contribution in [2.45, 2.75) is 25.6 Å². The molecular weight excluding hydrogens is 525 g/mol. The molecule has 8 heteroatoms. The number of aliphatic imine (C=N–C) groups is 1. The molecule has 0 spiro atoms. The normalized spacial score (nSPS) is 16.3. The van der Waals surface area contributed by atoms with Gasteiger partial charge in [0.2, 0.25) is 0 Å². The maximum atomic E-state index is 6.20. The molecule has 170 valence electrons. The van der Waals surface area contributed by atoms with Crippen LogP contribution < -0.4 is 20.3 Å². The molecule has 2 aromatic rings. The zero-order valence-electron chi connectivity index (χ0n) is 18.7. The summed E-state index contributed by atoms with van der Waals surface area (Å²) in [6.45, 7) is 3.50. The highest BCUT2D eigenvalue weighted by Gasteiger charge is 2.25. The van der Waals surface area contributed by atoms with Crippen molar-refractivity contribution in [2.75, 3.05) is 46.2 Å². The molecule has 1 saturated heterocycles. The summed E-state index contributed by atoms with van der Waals surface area (Å²) in [6.07, 6.45) is 1.02. The van der Waals surface area contributed by atoms with E-state index in [1.54, 1.807) is 7.11 Å². The predicted molar refractivity (Wildman–Crippen MR) is 141 cm³/mol. The minimum absolute atomic E-state index is 0. The van der Waals surface area contributed by atoms with Crippen LogP contribution in [0.4, 0.5) is 5.69 Å². The molecule has 0 amide bonds. The van der Waals surface area contributed by atoms with Crippen LogP contribution in [0.5, 0.6) is 5.75 Å². The molecule has 1 aliphatic rings. The van der Waals surface area contributed by atoms with Crippen LogP contribution in [0.2, 0.25) is 5.02 Å². The van der Waals surface area contributed by atoms with E-state index >= 15 is 0 Å². The first-order valence-corrected chi connectivity index (χ1v) is 10.6. The third-order valence-electron chi connectivity index (χ3n) is 5.22. The fourth-order valence-corrected chi connectivity index (χ4v) is 3.87. The van der Waals surface area contributed by atoms with Gasteiger partial charge in [0.25, 0.3) is 0 Å². The molecule has 0 bridgehead atoms. The molecule has 1 aliphatic heterocycles. The first-order chi connectivity index (χ1) is 14.5. The number of rotatable bonds is 7. The number of hydrogen-bond donors (Lipinski definition) is 2. The number of anilines is 1. The summed E-state index contributed by atoms with van der Waals surface area (Å²) in [7, 11) is 7.66. The van der Waals surface area contributed by atoms with Crippen molar-refractivity contribution in [2.24, 2.45) is 4.99 Å². The molecule has 1 atom stereocenters. The Balaban J connectivity index is 0.00000341. The van der Waals surface area contributed by atoms with Crippen LogP contribution >= 0.6 is 35.6 Å². The zero-order chi connectivity index (χ0) is 21.5. The molecule has 1 fully saturated rings. The molecule has 3 rings (SSSR count). The van der Waals surface area contributed by atoms with Crippen LogP contribution in [0.25, 0.3) is 0 Å². The van der Waals surface area contributed by atoms with Crippen molar-refractivity contribution >= 4 is 47.2 Å². The van der Waals surface area contributed by atoms with Gasteiger partial charge < -0.3 is 25.2 Å². The number of benzene rings is 2. The Labute approximate surface area is 208 Å². The van der Waals surface area contributed by atoms with E-state index in [-0.39, 0.29) is 24.0 Å². The van der Waals surface area contributed by atoms with Gasteiger partial charge in [0.05, 0.1) is 12.8 Å². The number of hydrogen-bond acceptors (Lipinski definition) is 4. The van der Waals surface area contributed by atoms with Crippen LogP contribution in [-0.2, 0) is 13.1 Å². The van der Waals surface area contributed by atoms with Crippen molar-refractivity contribution in [3.8, 4) is 5.75 Å². The van der Waals surface area contributed by atoms with Crippen molar-refractivity contribution in [3.63, 3.8) is 0 Å². The molecule has 6 nitrogen and oxygen atoms in total. The Morgan fingerprint density at radius 1 is 1.19 bits per heavy atom. The highest BCUT2D eigenvalue weighted by molar-refractivity contribution is 14.0. The van der Waals surface area contributed by atoms with Gasteiger partial charge >= 0.3 is 0 Å². The van der Waals surface area contributed by atoms with Crippen molar-refractivity contribution < 1.29 is 4.74 Å². The molecule has 0 aromatic heterocycles. The molecule has 2 N–H and O–H groups in total. The van der Waals surface area contributed by atoms with Gasteiger partial charge in [-0.25, -0.2) is 0 Å². The van der Waals surface area contributed by atoms with Crippen LogP contribution in [0.3, 0.4) is 0 Å². The Hall–Kier alpha value is -1.71. The third-order valence-corrected chi connectivity index (χ3v) is 5.45. The number of methoxy groups -OCH3 is 1. The average Bonchev–Trinajstić information content (AvgIpc) is 3.20. The number of guanidine groups is 1. The van der Waals surface area contributed by atoms with E-state index in [1.165, 1.54) is 11.1 Å². The lowest BCUT2D eigenvalue weighted by Crippen LogP contribution is -2.44. The van der Waals surface area contributed by atoms with Gasteiger partial charge in [0, 0.05) is 44.3 Å². The van der Waals surface area contributed by atoms with Crippen LogP contribution in [0, 0.1) is 0 Å². The first kappa shape index (κ1) is 25.5. The van der Waals surface area contributed by atoms with Crippen LogP contribution in [0.1, 0.15) is 17.5 Å². The van der Waals surface area contributed by atoms with Crippen molar-refractivity contribution in [1.29, 1.82) is 0 Å². The van der Waals surface area contributed by atoms with Crippen LogP contribution in [0.15, 0.2) is 47.5 Å². The number of halogens is 2. The molecule has 1 unspecified atom stereocenters. The molecule has 0 aliphatic carbocycles. The Kier molecular flexibility index (Phi) is 10.2. The second kappa shape index (κ2) is 12.4. The molecular formula is C23H33ClIN5O. The van der Waals surface area contributed by atoms with E-state index in [1.807, 2.05) is 25.2 Å². The molecule has 1 heterocycles. The molecule has 0 saturated carbocycles. The van der Waals surface area contributed by atoms with Gasteiger partial charge in [-0.15, -0.1) is 24.0 Å². The minimum atomic E-state index is 0. The second-order valence-corrected chi connectivity index (χ2v) is 8.31. The Bertz CT molecular complexity index is 860. The van der Waals surface area contributed by atoms with E-state index in [9.17, 15) is 0 Å².